The second-order valence-corrected chi connectivity index (χ2v) is 6.52. The first-order valence-electron chi connectivity index (χ1n) is 5.52. The van der Waals surface area contributed by atoms with Crippen molar-refractivity contribution >= 4 is 21.6 Å². The van der Waals surface area contributed by atoms with Gasteiger partial charge in [-0.1, -0.05) is 0 Å². The molecule has 1 fully saturated rings. The molecule has 1 aliphatic rings. The maximum atomic E-state index is 12.0. The molecule has 1 saturated heterocycles. The predicted molar refractivity (Wildman–Crippen MR) is 65.8 cm³/mol. The lowest BCUT2D eigenvalue weighted by Crippen LogP contribution is -2.40. The van der Waals surface area contributed by atoms with E-state index in [4.69, 9.17) is 16.3 Å². The van der Waals surface area contributed by atoms with Gasteiger partial charge in [0, 0.05) is 13.2 Å². The quantitative estimate of drug-likeness (QED) is 0.836. The summed E-state index contributed by atoms with van der Waals surface area (Å²) >= 11 is 5.51. The number of rotatable bonds is 4. The van der Waals surface area contributed by atoms with Crippen LogP contribution >= 0.6 is 11.6 Å². The second kappa shape index (κ2) is 5.08. The lowest BCUT2D eigenvalue weighted by atomic mass is 10.0. The number of sulfonamides is 1. The van der Waals surface area contributed by atoms with E-state index in [-0.39, 0.29) is 16.7 Å². The summed E-state index contributed by atoms with van der Waals surface area (Å²) in [7, 11) is -3.62. The van der Waals surface area contributed by atoms with Crippen molar-refractivity contribution in [1.82, 2.24) is 14.7 Å². The largest absolute Gasteiger partial charge is 0.374 e. The first kappa shape index (κ1) is 13.7. The normalized spacial score (nSPS) is 24.3. The molecule has 1 atom stereocenters. The van der Waals surface area contributed by atoms with Crippen LogP contribution in [0.2, 0.25) is 5.28 Å². The molecule has 1 N–H and O–H groups in total. The van der Waals surface area contributed by atoms with Crippen LogP contribution in [-0.4, -0.2) is 37.1 Å². The number of ether oxygens (including phenoxy) is 1. The maximum Gasteiger partial charge on any atom is 0.243 e. The van der Waals surface area contributed by atoms with Crippen LogP contribution in [0.3, 0.4) is 0 Å². The maximum absolute atomic E-state index is 12.0. The van der Waals surface area contributed by atoms with Crippen LogP contribution in [0.15, 0.2) is 17.3 Å². The van der Waals surface area contributed by atoms with Crippen molar-refractivity contribution in [2.45, 2.75) is 30.3 Å². The molecule has 2 heterocycles. The second-order valence-electron chi connectivity index (χ2n) is 4.41. The zero-order chi connectivity index (χ0) is 13.2. The Hall–Kier alpha value is -0.760. The first-order chi connectivity index (χ1) is 8.41. The number of halogens is 1. The van der Waals surface area contributed by atoms with E-state index in [1.54, 1.807) is 0 Å². The van der Waals surface area contributed by atoms with Crippen molar-refractivity contribution in [3.8, 4) is 0 Å². The van der Waals surface area contributed by atoms with Crippen molar-refractivity contribution in [1.29, 1.82) is 0 Å². The first-order valence-corrected chi connectivity index (χ1v) is 7.39. The van der Waals surface area contributed by atoms with Crippen LogP contribution in [0.4, 0.5) is 0 Å². The van der Waals surface area contributed by atoms with E-state index in [0.29, 0.717) is 6.61 Å². The van der Waals surface area contributed by atoms with Gasteiger partial charge in [-0.3, -0.25) is 0 Å². The molecule has 6 nitrogen and oxygen atoms in total. The molecule has 1 unspecified atom stereocenters. The average molecular weight is 292 g/mol. The van der Waals surface area contributed by atoms with Crippen molar-refractivity contribution in [2.24, 2.45) is 0 Å². The van der Waals surface area contributed by atoms with Gasteiger partial charge in [-0.05, 0) is 31.4 Å². The molecule has 0 radical (unpaired) electrons. The van der Waals surface area contributed by atoms with Crippen LogP contribution in [0.5, 0.6) is 0 Å². The third-order valence-corrected chi connectivity index (χ3v) is 4.39. The van der Waals surface area contributed by atoms with E-state index in [1.165, 1.54) is 12.4 Å². The summed E-state index contributed by atoms with van der Waals surface area (Å²) in [5.74, 6) is 0. The number of hydrogen-bond acceptors (Lipinski definition) is 5. The highest BCUT2D eigenvalue weighted by Gasteiger charge is 2.31. The minimum absolute atomic E-state index is 0.00602. The Morgan fingerprint density at radius 1 is 1.50 bits per heavy atom. The fourth-order valence-corrected chi connectivity index (χ4v) is 2.89. The SMILES string of the molecule is CC1(CNS(=O)(=O)c2cnc(Cl)nc2)CCCO1. The molecule has 1 aliphatic heterocycles. The van der Waals surface area contributed by atoms with Gasteiger partial charge in [-0.25, -0.2) is 23.1 Å². The number of hydrogen-bond donors (Lipinski definition) is 1. The average Bonchev–Trinajstić information content (AvgIpc) is 2.75. The van der Waals surface area contributed by atoms with E-state index >= 15 is 0 Å². The number of aromatic nitrogens is 2. The monoisotopic (exact) mass is 291 g/mol. The molecule has 0 spiro atoms. The molecule has 0 aliphatic carbocycles. The van der Waals surface area contributed by atoms with Crippen molar-refractivity contribution in [3.05, 3.63) is 17.7 Å². The van der Waals surface area contributed by atoms with E-state index in [1.807, 2.05) is 6.92 Å². The van der Waals surface area contributed by atoms with Crippen LogP contribution in [0.25, 0.3) is 0 Å². The Morgan fingerprint density at radius 2 is 2.17 bits per heavy atom. The summed E-state index contributed by atoms with van der Waals surface area (Å²) in [5, 5.41) is 0.0139. The highest BCUT2D eigenvalue weighted by molar-refractivity contribution is 7.89. The molecule has 1 aromatic rings. The highest BCUT2D eigenvalue weighted by Crippen LogP contribution is 2.24. The van der Waals surface area contributed by atoms with Crippen LogP contribution in [0.1, 0.15) is 19.8 Å². The standard InChI is InChI=1S/C10H14ClN3O3S/c1-10(3-2-4-17-10)7-14-18(15,16)8-5-12-9(11)13-6-8/h5-6,14H,2-4,7H2,1H3. The van der Waals surface area contributed by atoms with Gasteiger partial charge in [0.25, 0.3) is 0 Å². The summed E-state index contributed by atoms with van der Waals surface area (Å²) in [6.45, 7) is 2.79. The molecule has 0 bridgehead atoms. The van der Waals surface area contributed by atoms with E-state index in [2.05, 4.69) is 14.7 Å². The Kier molecular flexibility index (Phi) is 3.86. The van der Waals surface area contributed by atoms with Gasteiger partial charge < -0.3 is 4.74 Å². The fraction of sp³-hybridized carbons (Fsp3) is 0.600. The van der Waals surface area contributed by atoms with Gasteiger partial charge in [-0.15, -0.1) is 0 Å². The van der Waals surface area contributed by atoms with Crippen LogP contribution < -0.4 is 4.72 Å². The van der Waals surface area contributed by atoms with Crippen molar-refractivity contribution < 1.29 is 13.2 Å². The summed E-state index contributed by atoms with van der Waals surface area (Å²) in [6, 6.07) is 0. The van der Waals surface area contributed by atoms with Gasteiger partial charge in [0.2, 0.25) is 15.3 Å². The Balaban J connectivity index is 2.05. The molecule has 0 aromatic carbocycles. The topological polar surface area (TPSA) is 81.2 Å². The summed E-state index contributed by atoms with van der Waals surface area (Å²) in [4.78, 5) is 7.29. The van der Waals surface area contributed by atoms with Gasteiger partial charge >= 0.3 is 0 Å². The smallest absolute Gasteiger partial charge is 0.243 e. The molecule has 2 rings (SSSR count). The van der Waals surface area contributed by atoms with Crippen molar-refractivity contribution in [2.75, 3.05) is 13.2 Å². The molecule has 18 heavy (non-hydrogen) atoms. The third kappa shape index (κ3) is 3.17. The minimum Gasteiger partial charge on any atom is -0.374 e. The molecule has 100 valence electrons. The van der Waals surface area contributed by atoms with Gasteiger partial charge in [0.05, 0.1) is 18.0 Å². The lowest BCUT2D eigenvalue weighted by Gasteiger charge is -2.23. The zero-order valence-electron chi connectivity index (χ0n) is 9.89. The molecule has 1 aromatic heterocycles. The fourth-order valence-electron chi connectivity index (χ4n) is 1.75. The number of nitrogens with one attached hydrogen (secondary N) is 1. The summed E-state index contributed by atoms with van der Waals surface area (Å²) < 4.78 is 31.9. The lowest BCUT2D eigenvalue weighted by molar-refractivity contribution is 0.0250. The molecular formula is C10H14ClN3O3S. The van der Waals surface area contributed by atoms with Crippen LogP contribution in [-0.2, 0) is 14.8 Å². The number of nitrogens with zero attached hydrogens (tertiary/aromatic N) is 2. The molecule has 8 heteroatoms. The highest BCUT2D eigenvalue weighted by atomic mass is 35.5. The molecule has 0 saturated carbocycles. The Labute approximate surface area is 111 Å². The van der Waals surface area contributed by atoms with Crippen LogP contribution in [0, 0.1) is 0 Å². The van der Waals surface area contributed by atoms with Gasteiger partial charge in [-0.2, -0.15) is 0 Å². The molecular weight excluding hydrogens is 278 g/mol. The van der Waals surface area contributed by atoms with E-state index in [9.17, 15) is 8.42 Å². The third-order valence-electron chi connectivity index (χ3n) is 2.84. The summed E-state index contributed by atoms with van der Waals surface area (Å²) in [5.41, 5.74) is -0.430. The van der Waals surface area contributed by atoms with Crippen molar-refractivity contribution in [3.63, 3.8) is 0 Å². The minimum atomic E-state index is -3.62. The van der Waals surface area contributed by atoms with E-state index < -0.39 is 15.6 Å². The predicted octanol–water partition coefficient (Wildman–Crippen LogP) is 0.977. The molecule has 0 amide bonds. The van der Waals surface area contributed by atoms with E-state index in [0.717, 1.165) is 12.8 Å². The summed E-state index contributed by atoms with van der Waals surface area (Å²) in [6.07, 6.45) is 4.14. The van der Waals surface area contributed by atoms with Gasteiger partial charge in [0.1, 0.15) is 4.90 Å². The van der Waals surface area contributed by atoms with Gasteiger partial charge in [0.15, 0.2) is 0 Å². The Morgan fingerprint density at radius 3 is 2.72 bits per heavy atom. The Bertz CT molecular complexity index is 512. The zero-order valence-corrected chi connectivity index (χ0v) is 11.5.